The van der Waals surface area contributed by atoms with Crippen molar-refractivity contribution in [2.24, 2.45) is 0 Å². The molecule has 1 aliphatic carbocycles. The number of rotatable bonds is 1. The summed E-state index contributed by atoms with van der Waals surface area (Å²) < 4.78 is 4.78. The molecule has 1 aliphatic rings. The van der Waals surface area contributed by atoms with Gasteiger partial charge in [0.25, 0.3) is 0 Å². The molecule has 0 amide bonds. The van der Waals surface area contributed by atoms with Crippen molar-refractivity contribution in [1.82, 2.24) is 10.1 Å². The van der Waals surface area contributed by atoms with Crippen LogP contribution in [0.25, 0.3) is 0 Å². The van der Waals surface area contributed by atoms with Crippen LogP contribution in [-0.4, -0.2) is 10.1 Å². The summed E-state index contributed by atoms with van der Waals surface area (Å²) in [6.07, 6.45) is 7.59. The van der Waals surface area contributed by atoms with Crippen LogP contribution in [0.15, 0.2) is 4.52 Å². The summed E-state index contributed by atoms with van der Waals surface area (Å²) in [6.45, 7) is 0. The Morgan fingerprint density at radius 2 is 1.85 bits per heavy atom. The zero-order chi connectivity index (χ0) is 9.10. The van der Waals surface area contributed by atoms with Gasteiger partial charge in [-0.25, -0.2) is 0 Å². The number of aromatic nitrogens is 2. The molecule has 4 nitrogen and oxygen atoms in total. The van der Waals surface area contributed by atoms with E-state index in [0.29, 0.717) is 5.92 Å². The summed E-state index contributed by atoms with van der Waals surface area (Å²) in [6, 6.07) is 0.194. The van der Waals surface area contributed by atoms with Crippen LogP contribution in [0.1, 0.15) is 50.3 Å². The molecule has 4 heteroatoms. The van der Waals surface area contributed by atoms with Crippen molar-refractivity contribution < 1.29 is 4.52 Å². The SMILES string of the molecule is Nc1nc(C2CCCCCC2)no1. The highest BCUT2D eigenvalue weighted by Crippen LogP contribution is 2.29. The lowest BCUT2D eigenvalue weighted by molar-refractivity contribution is 0.413. The predicted octanol–water partition coefficient (Wildman–Crippen LogP) is 2.09. The predicted molar refractivity (Wildman–Crippen MR) is 49.2 cm³/mol. The Labute approximate surface area is 77.5 Å². The summed E-state index contributed by atoms with van der Waals surface area (Å²) in [5.41, 5.74) is 5.38. The molecule has 0 spiro atoms. The minimum absolute atomic E-state index is 0.194. The zero-order valence-corrected chi connectivity index (χ0v) is 7.70. The maximum absolute atomic E-state index is 5.38. The van der Waals surface area contributed by atoms with Gasteiger partial charge in [0, 0.05) is 5.92 Å². The molecule has 0 atom stereocenters. The van der Waals surface area contributed by atoms with E-state index in [0.717, 1.165) is 5.82 Å². The van der Waals surface area contributed by atoms with Gasteiger partial charge in [0.05, 0.1) is 0 Å². The Hall–Kier alpha value is -1.06. The summed E-state index contributed by atoms with van der Waals surface area (Å²) in [7, 11) is 0. The molecule has 0 aliphatic heterocycles. The molecule has 13 heavy (non-hydrogen) atoms. The second kappa shape index (κ2) is 3.77. The Morgan fingerprint density at radius 1 is 1.15 bits per heavy atom. The third-order valence-corrected chi connectivity index (χ3v) is 2.68. The van der Waals surface area contributed by atoms with Gasteiger partial charge in [0.1, 0.15) is 0 Å². The van der Waals surface area contributed by atoms with E-state index in [-0.39, 0.29) is 6.01 Å². The Bertz CT molecular complexity index is 264. The number of nitrogens with zero attached hydrogens (tertiary/aromatic N) is 2. The molecule has 0 unspecified atom stereocenters. The Morgan fingerprint density at radius 3 is 2.38 bits per heavy atom. The van der Waals surface area contributed by atoms with E-state index >= 15 is 0 Å². The monoisotopic (exact) mass is 181 g/mol. The molecule has 1 fully saturated rings. The molecular formula is C9H15N3O. The van der Waals surface area contributed by atoms with E-state index in [2.05, 4.69) is 10.1 Å². The summed E-state index contributed by atoms with van der Waals surface area (Å²) in [4.78, 5) is 4.08. The fourth-order valence-corrected chi connectivity index (χ4v) is 1.95. The lowest BCUT2D eigenvalue weighted by atomic mass is 10.00. The standard InChI is InChI=1S/C9H15N3O/c10-9-11-8(12-13-9)7-5-3-1-2-4-6-7/h7H,1-6H2,(H2,10,11,12). The lowest BCUT2D eigenvalue weighted by Gasteiger charge is -2.06. The average molecular weight is 181 g/mol. The van der Waals surface area contributed by atoms with Crippen LogP contribution in [0.5, 0.6) is 0 Å². The first kappa shape index (κ1) is 8.53. The second-order valence-electron chi connectivity index (χ2n) is 3.68. The van der Waals surface area contributed by atoms with E-state index in [1.54, 1.807) is 0 Å². The van der Waals surface area contributed by atoms with Crippen molar-refractivity contribution in [2.75, 3.05) is 5.73 Å². The normalized spacial score (nSPS) is 20.0. The van der Waals surface area contributed by atoms with E-state index in [1.165, 1.54) is 38.5 Å². The van der Waals surface area contributed by atoms with E-state index in [9.17, 15) is 0 Å². The highest BCUT2D eigenvalue weighted by Gasteiger charge is 2.18. The maximum Gasteiger partial charge on any atom is 0.318 e. The van der Waals surface area contributed by atoms with Gasteiger partial charge < -0.3 is 10.3 Å². The van der Waals surface area contributed by atoms with Crippen molar-refractivity contribution in [3.05, 3.63) is 5.82 Å². The molecule has 2 N–H and O–H groups in total. The topological polar surface area (TPSA) is 64.9 Å². The summed E-state index contributed by atoms with van der Waals surface area (Å²) in [5, 5.41) is 3.87. The highest BCUT2D eigenvalue weighted by molar-refractivity contribution is 5.09. The van der Waals surface area contributed by atoms with Crippen LogP contribution in [-0.2, 0) is 0 Å². The smallest absolute Gasteiger partial charge is 0.318 e. The van der Waals surface area contributed by atoms with Crippen LogP contribution >= 0.6 is 0 Å². The van der Waals surface area contributed by atoms with Gasteiger partial charge in [-0.05, 0) is 12.8 Å². The first-order chi connectivity index (χ1) is 6.36. The van der Waals surface area contributed by atoms with Crippen LogP contribution in [0, 0.1) is 0 Å². The first-order valence-corrected chi connectivity index (χ1v) is 4.95. The van der Waals surface area contributed by atoms with E-state index in [1.807, 2.05) is 0 Å². The van der Waals surface area contributed by atoms with Crippen LogP contribution in [0.3, 0.4) is 0 Å². The minimum atomic E-state index is 0.194. The van der Waals surface area contributed by atoms with Crippen molar-refractivity contribution in [1.29, 1.82) is 0 Å². The molecule has 0 saturated heterocycles. The number of nitrogen functional groups attached to an aromatic ring is 1. The molecule has 0 bridgehead atoms. The van der Waals surface area contributed by atoms with Gasteiger partial charge >= 0.3 is 6.01 Å². The van der Waals surface area contributed by atoms with Crippen LogP contribution < -0.4 is 5.73 Å². The van der Waals surface area contributed by atoms with Crippen molar-refractivity contribution >= 4 is 6.01 Å². The zero-order valence-electron chi connectivity index (χ0n) is 7.70. The molecule has 2 rings (SSSR count). The lowest BCUT2D eigenvalue weighted by Crippen LogP contribution is -1.99. The van der Waals surface area contributed by atoms with Crippen molar-refractivity contribution in [2.45, 2.75) is 44.4 Å². The van der Waals surface area contributed by atoms with Gasteiger partial charge in [0.2, 0.25) is 0 Å². The molecule has 1 aromatic heterocycles. The van der Waals surface area contributed by atoms with Gasteiger partial charge in [-0.1, -0.05) is 30.8 Å². The van der Waals surface area contributed by atoms with Gasteiger partial charge in [0.15, 0.2) is 5.82 Å². The van der Waals surface area contributed by atoms with Crippen LogP contribution in [0.2, 0.25) is 0 Å². The van der Waals surface area contributed by atoms with Gasteiger partial charge in [-0.2, -0.15) is 4.98 Å². The third kappa shape index (κ3) is 1.99. The number of hydrogen-bond acceptors (Lipinski definition) is 4. The number of hydrogen-bond donors (Lipinski definition) is 1. The number of nitrogens with two attached hydrogens (primary N) is 1. The first-order valence-electron chi connectivity index (χ1n) is 4.95. The molecule has 1 heterocycles. The fraction of sp³-hybridized carbons (Fsp3) is 0.778. The highest BCUT2D eigenvalue weighted by atomic mass is 16.5. The molecular weight excluding hydrogens is 166 g/mol. The summed E-state index contributed by atoms with van der Waals surface area (Å²) >= 11 is 0. The van der Waals surface area contributed by atoms with Gasteiger partial charge in [-0.3, -0.25) is 0 Å². The largest absolute Gasteiger partial charge is 0.351 e. The number of anilines is 1. The Kier molecular flexibility index (Phi) is 2.47. The Balaban J connectivity index is 2.06. The van der Waals surface area contributed by atoms with Crippen LogP contribution in [0.4, 0.5) is 6.01 Å². The second-order valence-corrected chi connectivity index (χ2v) is 3.68. The molecule has 1 saturated carbocycles. The average Bonchev–Trinajstić information content (AvgIpc) is 2.43. The van der Waals surface area contributed by atoms with Gasteiger partial charge in [-0.15, -0.1) is 0 Å². The minimum Gasteiger partial charge on any atom is -0.351 e. The van der Waals surface area contributed by atoms with Crippen molar-refractivity contribution in [3.63, 3.8) is 0 Å². The fourth-order valence-electron chi connectivity index (χ4n) is 1.95. The molecule has 0 aromatic carbocycles. The van der Waals surface area contributed by atoms with Crippen molar-refractivity contribution in [3.8, 4) is 0 Å². The third-order valence-electron chi connectivity index (χ3n) is 2.68. The maximum atomic E-state index is 5.38. The molecule has 72 valence electrons. The van der Waals surface area contributed by atoms with E-state index in [4.69, 9.17) is 10.3 Å². The summed E-state index contributed by atoms with van der Waals surface area (Å²) in [5.74, 6) is 1.28. The molecule has 1 aromatic rings. The molecule has 0 radical (unpaired) electrons. The quantitative estimate of drug-likeness (QED) is 0.674. The van der Waals surface area contributed by atoms with E-state index < -0.39 is 0 Å².